The molecule has 20 heavy (non-hydrogen) atoms. The van der Waals surface area contributed by atoms with Crippen LogP contribution in [0.1, 0.15) is 11.1 Å². The quantitative estimate of drug-likeness (QED) is 0.533. The van der Waals surface area contributed by atoms with E-state index in [1.54, 1.807) is 0 Å². The molecule has 0 heterocycles. The molecule has 0 saturated carbocycles. The van der Waals surface area contributed by atoms with Crippen LogP contribution in [-0.4, -0.2) is 26.8 Å². The van der Waals surface area contributed by atoms with Crippen molar-refractivity contribution in [3.63, 3.8) is 0 Å². The van der Waals surface area contributed by atoms with E-state index < -0.39 is 0 Å². The number of benzene rings is 2. The van der Waals surface area contributed by atoms with Crippen molar-refractivity contribution in [3.8, 4) is 0 Å². The second kappa shape index (κ2) is 7.63. The summed E-state index contributed by atoms with van der Waals surface area (Å²) in [7, 11) is 3.17. The average molecular weight is 303 g/mol. The number of alkyl halides is 1. The first-order valence-corrected chi connectivity index (χ1v) is 8.64. The van der Waals surface area contributed by atoms with Gasteiger partial charge in [0.2, 0.25) is 0 Å². The van der Waals surface area contributed by atoms with Crippen molar-refractivity contribution in [3.05, 3.63) is 71.8 Å². The molecule has 3 heteroatoms. The molecule has 0 aliphatic carbocycles. The van der Waals surface area contributed by atoms with E-state index >= 15 is 0 Å². The summed E-state index contributed by atoms with van der Waals surface area (Å²) in [5.41, 5.74) is 2.79. The van der Waals surface area contributed by atoms with Gasteiger partial charge in [0.1, 0.15) is 0 Å². The minimum absolute atomic E-state index is 0.746. The van der Waals surface area contributed by atoms with Crippen molar-refractivity contribution >= 4 is 21.3 Å². The number of quaternary nitrogens is 1. The van der Waals surface area contributed by atoms with Crippen molar-refractivity contribution in [2.24, 2.45) is 0 Å². The summed E-state index contributed by atoms with van der Waals surface area (Å²) in [5, 5.41) is 0. The highest BCUT2D eigenvalue weighted by molar-refractivity contribution is 6.30. The van der Waals surface area contributed by atoms with Crippen molar-refractivity contribution in [1.82, 2.24) is 0 Å². The van der Waals surface area contributed by atoms with E-state index in [-0.39, 0.29) is 0 Å². The van der Waals surface area contributed by atoms with Crippen LogP contribution in [0.5, 0.6) is 0 Å². The predicted molar refractivity (Wildman–Crippen MR) is 87.8 cm³/mol. The van der Waals surface area contributed by atoms with E-state index in [2.05, 4.69) is 67.7 Å². The van der Waals surface area contributed by atoms with Gasteiger partial charge < -0.3 is 4.15 Å². The third-order valence-corrected chi connectivity index (χ3v) is 5.40. The van der Waals surface area contributed by atoms with Crippen LogP contribution < -0.4 is 0 Å². The van der Waals surface area contributed by atoms with Crippen LogP contribution in [0.25, 0.3) is 0 Å². The lowest BCUT2D eigenvalue weighted by Crippen LogP contribution is -2.45. The maximum atomic E-state index is 5.91. The summed E-state index contributed by atoms with van der Waals surface area (Å²) >= 11 is 5.91. The van der Waals surface area contributed by atoms with E-state index in [1.165, 1.54) is 11.1 Å². The highest BCUT2D eigenvalue weighted by Gasteiger charge is 2.24. The Bertz CT molecular complexity index is 459. The summed E-state index contributed by atoms with van der Waals surface area (Å²) in [4.78, 5) is 0. The molecule has 0 aliphatic rings. The number of hydrogen-bond acceptors (Lipinski definition) is 0. The molecule has 0 amide bonds. The molecule has 1 nitrogen and oxygen atoms in total. The van der Waals surface area contributed by atoms with Gasteiger partial charge in [-0.25, -0.2) is 0 Å². The van der Waals surface area contributed by atoms with Crippen LogP contribution in [0.15, 0.2) is 60.7 Å². The third-order valence-electron chi connectivity index (χ3n) is 3.34. The van der Waals surface area contributed by atoms with Crippen LogP contribution in [-0.2, 0) is 13.1 Å². The van der Waals surface area contributed by atoms with Crippen LogP contribution in [0, 0.1) is 0 Å². The first-order chi connectivity index (χ1) is 9.72. The fourth-order valence-corrected chi connectivity index (χ4v) is 3.92. The van der Waals surface area contributed by atoms with Gasteiger partial charge in [-0.3, -0.25) is 0 Å². The van der Waals surface area contributed by atoms with Gasteiger partial charge >= 0.3 is 9.68 Å². The molecule has 0 saturated heterocycles. The lowest BCUT2D eigenvalue weighted by molar-refractivity contribution is -0.829. The molecule has 2 aromatic carbocycles. The van der Waals surface area contributed by atoms with Gasteiger partial charge in [-0.15, -0.1) is 11.6 Å². The third kappa shape index (κ3) is 4.78. The molecule has 0 atom stereocenters. The Kier molecular flexibility index (Phi) is 5.83. The van der Waals surface area contributed by atoms with Crippen LogP contribution in [0.3, 0.4) is 0 Å². The Morgan fingerprint density at radius 3 is 1.70 bits per heavy atom. The van der Waals surface area contributed by atoms with E-state index in [0.29, 0.717) is 0 Å². The van der Waals surface area contributed by atoms with Crippen molar-refractivity contribution in [2.45, 2.75) is 19.1 Å². The summed E-state index contributed by atoms with van der Waals surface area (Å²) in [5.74, 6) is 0.746. The molecule has 0 fully saturated rings. The molecule has 0 spiro atoms. The van der Waals surface area contributed by atoms with Gasteiger partial charge in [0.25, 0.3) is 0 Å². The van der Waals surface area contributed by atoms with Gasteiger partial charge in [-0.1, -0.05) is 60.7 Å². The van der Waals surface area contributed by atoms with Gasteiger partial charge in [0, 0.05) is 23.1 Å². The fourth-order valence-electron chi connectivity index (χ4n) is 2.45. The topological polar surface area (TPSA) is 0 Å². The monoisotopic (exact) mass is 302 g/mol. The summed E-state index contributed by atoms with van der Waals surface area (Å²) in [6.07, 6.45) is 0. The van der Waals surface area contributed by atoms with E-state index in [4.69, 9.17) is 11.6 Å². The fraction of sp³-hybridized carbons (Fsp3) is 0.294. The average Bonchev–Trinajstić information content (AvgIpc) is 2.47. The SMILES string of the molecule is C[N+](Cc1ccccc1)(Cc1ccccc1)[Si]CCCl. The second-order valence-electron chi connectivity index (χ2n) is 5.28. The minimum atomic E-state index is 0.746. The molecule has 0 bridgehead atoms. The van der Waals surface area contributed by atoms with E-state index in [0.717, 1.165) is 38.8 Å². The lowest BCUT2D eigenvalue weighted by Gasteiger charge is -2.34. The molecule has 2 rings (SSSR count). The van der Waals surface area contributed by atoms with Gasteiger partial charge in [-0.05, 0) is 0 Å². The van der Waals surface area contributed by atoms with Crippen LogP contribution >= 0.6 is 11.6 Å². The molecule has 2 aromatic rings. The number of hydrogen-bond donors (Lipinski definition) is 0. The number of nitrogens with zero attached hydrogens (tertiary/aromatic N) is 1. The summed E-state index contributed by atoms with van der Waals surface area (Å²) < 4.78 is 1.03. The normalized spacial score (nSPS) is 11.5. The lowest BCUT2D eigenvalue weighted by atomic mass is 10.2. The number of halogens is 1. The molecule has 0 N–H and O–H groups in total. The van der Waals surface area contributed by atoms with Gasteiger partial charge in [-0.2, -0.15) is 0 Å². The van der Waals surface area contributed by atoms with Crippen LogP contribution in [0.2, 0.25) is 6.04 Å². The zero-order valence-corrected chi connectivity index (χ0v) is 13.7. The molecule has 104 valence electrons. The molecule has 0 unspecified atom stereocenters. The molecule has 0 aromatic heterocycles. The Balaban J connectivity index is 2.12. The second-order valence-corrected chi connectivity index (χ2v) is 7.55. The predicted octanol–water partition coefficient (Wildman–Crippen LogP) is 4.11. The maximum Gasteiger partial charge on any atom is 0.392 e. The smallest absolute Gasteiger partial charge is 0.375 e. The highest BCUT2D eigenvalue weighted by atomic mass is 35.5. The van der Waals surface area contributed by atoms with E-state index in [9.17, 15) is 0 Å². The minimum Gasteiger partial charge on any atom is -0.375 e. The van der Waals surface area contributed by atoms with Crippen LogP contribution in [0.4, 0.5) is 0 Å². The molecule has 0 aliphatic heterocycles. The first-order valence-electron chi connectivity index (χ1n) is 6.95. The van der Waals surface area contributed by atoms with Crippen molar-refractivity contribution < 1.29 is 4.15 Å². The Morgan fingerprint density at radius 1 is 0.850 bits per heavy atom. The molecular weight excluding hydrogens is 282 g/mol. The zero-order chi connectivity index (χ0) is 14.3. The molecular formula is C17H21ClNSi+. The summed E-state index contributed by atoms with van der Waals surface area (Å²) in [6, 6.07) is 22.6. The summed E-state index contributed by atoms with van der Waals surface area (Å²) in [6.45, 7) is 2.12. The van der Waals surface area contributed by atoms with Crippen molar-refractivity contribution in [2.75, 3.05) is 12.9 Å². The Labute approximate surface area is 129 Å². The van der Waals surface area contributed by atoms with Gasteiger partial charge in [0.15, 0.2) is 0 Å². The Morgan fingerprint density at radius 2 is 1.30 bits per heavy atom. The van der Waals surface area contributed by atoms with E-state index in [1.807, 2.05) is 0 Å². The van der Waals surface area contributed by atoms with Gasteiger partial charge in [0.05, 0.1) is 20.1 Å². The largest absolute Gasteiger partial charge is 0.392 e. The number of rotatable bonds is 7. The standard InChI is InChI=1S/C17H21ClNSi/c1-19(20-13-12-18,14-16-8-4-2-5-9-16)15-17-10-6-3-7-11-17/h2-11H,12-15H2,1H3/q+1. The maximum absolute atomic E-state index is 5.91. The highest BCUT2D eigenvalue weighted by Crippen LogP contribution is 2.17. The Hall–Kier alpha value is -1.09. The zero-order valence-electron chi connectivity index (χ0n) is 11.9. The first kappa shape index (κ1) is 15.3. The van der Waals surface area contributed by atoms with Crippen molar-refractivity contribution in [1.29, 1.82) is 0 Å². The molecule has 2 radical (unpaired) electrons.